The van der Waals surface area contributed by atoms with Crippen LogP contribution in [-0.2, 0) is 4.79 Å². The Morgan fingerprint density at radius 1 is 1.24 bits per heavy atom. The molecule has 0 radical (unpaired) electrons. The van der Waals surface area contributed by atoms with Gasteiger partial charge in [0.2, 0.25) is 0 Å². The predicted octanol–water partition coefficient (Wildman–Crippen LogP) is 0.809. The minimum atomic E-state index is -0.833. The predicted molar refractivity (Wildman–Crippen MR) is 75.7 cm³/mol. The number of likely N-dealkylation sites (tertiary alicyclic amines) is 1. The Morgan fingerprint density at radius 2 is 1.95 bits per heavy atom. The molecule has 6 heteroatoms. The third-order valence-electron chi connectivity index (χ3n) is 4.18. The number of carbonyl (C=O) groups is 3. The lowest BCUT2D eigenvalue weighted by atomic mass is 9.87. The number of nitrogens with zero attached hydrogens (tertiary/aromatic N) is 1. The number of urea groups is 1. The van der Waals surface area contributed by atoms with Crippen molar-refractivity contribution in [2.24, 2.45) is 0 Å². The van der Waals surface area contributed by atoms with Gasteiger partial charge in [-0.3, -0.25) is 14.9 Å². The summed E-state index contributed by atoms with van der Waals surface area (Å²) in [6, 6.07) is 7.01. The first kappa shape index (κ1) is 13.6. The largest absolute Gasteiger partial charge is 0.338 e. The van der Waals surface area contributed by atoms with E-state index in [4.69, 9.17) is 0 Å². The van der Waals surface area contributed by atoms with E-state index in [1.807, 2.05) is 25.1 Å². The summed E-state index contributed by atoms with van der Waals surface area (Å²) in [5.41, 5.74) is 0.864. The van der Waals surface area contributed by atoms with Crippen LogP contribution in [0.1, 0.15) is 28.8 Å². The molecular weight excluding hydrogens is 270 g/mol. The van der Waals surface area contributed by atoms with Crippen molar-refractivity contribution in [3.63, 3.8) is 0 Å². The molecule has 0 aromatic heterocycles. The molecule has 6 nitrogen and oxygen atoms in total. The maximum atomic E-state index is 12.4. The molecule has 1 aromatic rings. The van der Waals surface area contributed by atoms with Crippen LogP contribution in [0.2, 0.25) is 0 Å². The van der Waals surface area contributed by atoms with Gasteiger partial charge >= 0.3 is 6.03 Å². The van der Waals surface area contributed by atoms with Crippen LogP contribution in [0.4, 0.5) is 4.79 Å². The van der Waals surface area contributed by atoms with E-state index >= 15 is 0 Å². The van der Waals surface area contributed by atoms with Crippen LogP contribution in [0.5, 0.6) is 0 Å². The molecule has 2 aliphatic heterocycles. The number of hydrogen-bond donors (Lipinski definition) is 2. The van der Waals surface area contributed by atoms with E-state index in [2.05, 4.69) is 10.6 Å². The van der Waals surface area contributed by atoms with Crippen molar-refractivity contribution in [1.29, 1.82) is 0 Å². The fourth-order valence-corrected chi connectivity index (χ4v) is 2.93. The number of imide groups is 1. The molecule has 2 saturated heterocycles. The standard InChI is InChI=1S/C15H17N3O3/c1-10-3-2-4-11(9-10)12(19)18-7-5-15(6-8-18)13(20)16-14(21)17-15/h2-4,9H,5-8H2,1H3,(H2,16,17,20,21). The van der Waals surface area contributed by atoms with Crippen LogP contribution in [0.3, 0.4) is 0 Å². The smallest absolute Gasteiger partial charge is 0.322 e. The van der Waals surface area contributed by atoms with Crippen molar-refractivity contribution in [2.45, 2.75) is 25.3 Å². The number of amides is 4. The highest BCUT2D eigenvalue weighted by Gasteiger charge is 2.48. The van der Waals surface area contributed by atoms with Gasteiger partial charge in [0.15, 0.2) is 0 Å². The Kier molecular flexibility index (Phi) is 3.16. The molecule has 0 unspecified atom stereocenters. The molecule has 1 aromatic carbocycles. The zero-order chi connectivity index (χ0) is 15.0. The Labute approximate surface area is 122 Å². The number of nitrogens with one attached hydrogen (secondary N) is 2. The number of hydrogen-bond acceptors (Lipinski definition) is 3. The molecule has 2 N–H and O–H groups in total. The summed E-state index contributed by atoms with van der Waals surface area (Å²) in [6.07, 6.45) is 0.893. The lowest BCUT2D eigenvalue weighted by molar-refractivity contribution is -0.125. The number of aryl methyl sites for hydroxylation is 1. The molecule has 0 saturated carbocycles. The molecule has 3 rings (SSSR count). The maximum absolute atomic E-state index is 12.4. The highest BCUT2D eigenvalue weighted by atomic mass is 16.2. The van der Waals surface area contributed by atoms with Gasteiger partial charge < -0.3 is 10.2 Å². The number of rotatable bonds is 1. The van der Waals surface area contributed by atoms with Gasteiger partial charge in [0.25, 0.3) is 11.8 Å². The zero-order valence-corrected chi connectivity index (χ0v) is 11.8. The second-order valence-electron chi connectivity index (χ2n) is 5.65. The van der Waals surface area contributed by atoms with Crippen LogP contribution in [0.15, 0.2) is 24.3 Å². The minimum absolute atomic E-state index is 0.0294. The van der Waals surface area contributed by atoms with Crippen LogP contribution in [-0.4, -0.2) is 41.4 Å². The molecule has 1 spiro atoms. The molecular formula is C15H17N3O3. The van der Waals surface area contributed by atoms with E-state index in [-0.39, 0.29) is 11.8 Å². The van der Waals surface area contributed by atoms with Crippen LogP contribution in [0.25, 0.3) is 0 Å². The summed E-state index contributed by atoms with van der Waals surface area (Å²) in [5.74, 6) is -0.312. The van der Waals surface area contributed by atoms with Crippen molar-refractivity contribution in [1.82, 2.24) is 15.5 Å². The highest BCUT2D eigenvalue weighted by Crippen LogP contribution is 2.26. The summed E-state index contributed by atoms with van der Waals surface area (Å²) in [5, 5.41) is 4.96. The highest BCUT2D eigenvalue weighted by molar-refractivity contribution is 6.07. The van der Waals surface area contributed by atoms with Crippen LogP contribution < -0.4 is 10.6 Å². The molecule has 4 amide bonds. The molecule has 110 valence electrons. The van der Waals surface area contributed by atoms with E-state index in [1.54, 1.807) is 11.0 Å². The fraction of sp³-hybridized carbons (Fsp3) is 0.400. The Morgan fingerprint density at radius 3 is 2.52 bits per heavy atom. The summed E-state index contributed by atoms with van der Waals surface area (Å²) >= 11 is 0. The average molecular weight is 287 g/mol. The van der Waals surface area contributed by atoms with Gasteiger partial charge in [0.1, 0.15) is 5.54 Å². The quantitative estimate of drug-likeness (QED) is 0.750. The number of benzene rings is 1. The first-order chi connectivity index (χ1) is 10.00. The number of piperidine rings is 1. The van der Waals surface area contributed by atoms with Gasteiger partial charge in [-0.25, -0.2) is 4.79 Å². The molecule has 21 heavy (non-hydrogen) atoms. The molecule has 0 bridgehead atoms. The first-order valence-electron chi connectivity index (χ1n) is 7.00. The third kappa shape index (κ3) is 2.37. The van der Waals surface area contributed by atoms with Crippen molar-refractivity contribution >= 4 is 17.8 Å². The normalized spacial score (nSPS) is 20.3. The van der Waals surface area contributed by atoms with Gasteiger partial charge in [-0.2, -0.15) is 0 Å². The van der Waals surface area contributed by atoms with Gasteiger partial charge in [-0.15, -0.1) is 0 Å². The average Bonchev–Trinajstić information content (AvgIpc) is 2.73. The lowest BCUT2D eigenvalue weighted by Crippen LogP contribution is -2.55. The second-order valence-corrected chi connectivity index (χ2v) is 5.65. The van der Waals surface area contributed by atoms with Crippen LogP contribution in [0, 0.1) is 6.92 Å². The molecule has 0 aliphatic carbocycles. The maximum Gasteiger partial charge on any atom is 0.322 e. The van der Waals surface area contributed by atoms with Crippen molar-refractivity contribution in [3.05, 3.63) is 35.4 Å². The van der Waals surface area contributed by atoms with E-state index < -0.39 is 11.6 Å². The van der Waals surface area contributed by atoms with Crippen LogP contribution >= 0.6 is 0 Å². The summed E-state index contributed by atoms with van der Waals surface area (Å²) in [4.78, 5) is 37.3. The van der Waals surface area contributed by atoms with E-state index in [1.165, 1.54) is 0 Å². The Hall–Kier alpha value is -2.37. The van der Waals surface area contributed by atoms with Crippen molar-refractivity contribution < 1.29 is 14.4 Å². The monoisotopic (exact) mass is 287 g/mol. The van der Waals surface area contributed by atoms with Gasteiger partial charge in [-0.1, -0.05) is 17.7 Å². The Bertz CT molecular complexity index is 618. The summed E-state index contributed by atoms with van der Waals surface area (Å²) in [6.45, 7) is 2.86. The lowest BCUT2D eigenvalue weighted by Gasteiger charge is -2.37. The molecule has 2 heterocycles. The van der Waals surface area contributed by atoms with Crippen molar-refractivity contribution in [3.8, 4) is 0 Å². The first-order valence-corrected chi connectivity index (χ1v) is 7.00. The Balaban J connectivity index is 1.70. The van der Waals surface area contributed by atoms with Gasteiger partial charge in [0.05, 0.1) is 0 Å². The van der Waals surface area contributed by atoms with Gasteiger partial charge in [0, 0.05) is 18.7 Å². The SMILES string of the molecule is Cc1cccc(C(=O)N2CCC3(CC2)NC(=O)NC3=O)c1. The molecule has 0 atom stereocenters. The number of carbonyl (C=O) groups excluding carboxylic acids is 3. The second kappa shape index (κ2) is 4.87. The topological polar surface area (TPSA) is 78.5 Å². The minimum Gasteiger partial charge on any atom is -0.338 e. The molecule has 2 fully saturated rings. The summed E-state index contributed by atoms with van der Waals surface area (Å²) in [7, 11) is 0. The summed E-state index contributed by atoms with van der Waals surface area (Å²) < 4.78 is 0. The van der Waals surface area contributed by atoms with Gasteiger partial charge in [-0.05, 0) is 31.9 Å². The molecule has 2 aliphatic rings. The zero-order valence-electron chi connectivity index (χ0n) is 11.8. The van der Waals surface area contributed by atoms with Crippen molar-refractivity contribution in [2.75, 3.05) is 13.1 Å². The van der Waals surface area contributed by atoms with E-state index in [9.17, 15) is 14.4 Å². The third-order valence-corrected chi connectivity index (χ3v) is 4.18. The fourth-order valence-electron chi connectivity index (χ4n) is 2.93. The van der Waals surface area contributed by atoms with E-state index in [0.717, 1.165) is 5.56 Å². The van der Waals surface area contributed by atoms with E-state index in [0.29, 0.717) is 31.5 Å².